The number of hydrogen-bond acceptors (Lipinski definition) is 5. The van der Waals surface area contributed by atoms with E-state index in [0.717, 1.165) is 18.0 Å². The minimum absolute atomic E-state index is 0.0226. The van der Waals surface area contributed by atoms with E-state index in [4.69, 9.17) is 5.26 Å². The van der Waals surface area contributed by atoms with Crippen LogP contribution in [-0.2, 0) is 11.3 Å². The summed E-state index contributed by atoms with van der Waals surface area (Å²) in [5.41, 5.74) is 0. The third-order valence-corrected chi connectivity index (χ3v) is 3.77. The van der Waals surface area contributed by atoms with Gasteiger partial charge in [0.05, 0.1) is 19.2 Å². The number of hydrogen-bond donors (Lipinski definition) is 2. The van der Waals surface area contributed by atoms with E-state index >= 15 is 0 Å². The molecule has 1 fully saturated rings. The highest BCUT2D eigenvalue weighted by atomic mass is 32.1. The quantitative estimate of drug-likeness (QED) is 0.813. The maximum Gasteiger partial charge on any atom is 0.234 e. The molecule has 1 atom stereocenters. The van der Waals surface area contributed by atoms with Crippen LogP contribution in [0.15, 0.2) is 17.5 Å². The number of nitrogens with one attached hydrogen (secondary N) is 2. The summed E-state index contributed by atoms with van der Waals surface area (Å²) in [6, 6.07) is 5.97. The van der Waals surface area contributed by atoms with Crippen molar-refractivity contribution < 1.29 is 4.79 Å². The zero-order valence-corrected chi connectivity index (χ0v) is 10.9. The first kappa shape index (κ1) is 13.0. The van der Waals surface area contributed by atoms with Gasteiger partial charge in [-0.2, -0.15) is 5.26 Å². The summed E-state index contributed by atoms with van der Waals surface area (Å²) in [6.07, 6.45) is 0. The highest BCUT2D eigenvalue weighted by Gasteiger charge is 2.23. The molecule has 0 bridgehead atoms. The lowest BCUT2D eigenvalue weighted by atomic mass is 10.2. The molecule has 1 aromatic rings. The van der Waals surface area contributed by atoms with Crippen molar-refractivity contribution >= 4 is 17.2 Å². The largest absolute Gasteiger partial charge is 0.350 e. The van der Waals surface area contributed by atoms with Crippen LogP contribution in [0.3, 0.4) is 0 Å². The summed E-state index contributed by atoms with van der Waals surface area (Å²) in [5, 5.41) is 17.0. The average Bonchev–Trinajstić information content (AvgIpc) is 2.90. The SMILES string of the molecule is N#CC1CNCCN1CC(=O)NCc1cccs1. The second-order valence-corrected chi connectivity index (χ2v) is 5.21. The van der Waals surface area contributed by atoms with Crippen molar-refractivity contribution in [2.75, 3.05) is 26.2 Å². The second kappa shape index (κ2) is 6.50. The van der Waals surface area contributed by atoms with Crippen LogP contribution in [0.2, 0.25) is 0 Å². The van der Waals surface area contributed by atoms with Crippen molar-refractivity contribution in [1.82, 2.24) is 15.5 Å². The molecule has 0 radical (unpaired) electrons. The summed E-state index contributed by atoms with van der Waals surface area (Å²) in [6.45, 7) is 3.07. The summed E-state index contributed by atoms with van der Waals surface area (Å²) >= 11 is 1.63. The molecule has 1 unspecified atom stereocenters. The Morgan fingerprint density at radius 2 is 2.61 bits per heavy atom. The molecule has 5 nitrogen and oxygen atoms in total. The molecule has 1 aliphatic heterocycles. The smallest absolute Gasteiger partial charge is 0.234 e. The fraction of sp³-hybridized carbons (Fsp3) is 0.500. The Labute approximate surface area is 110 Å². The summed E-state index contributed by atoms with van der Waals surface area (Å²) in [4.78, 5) is 14.8. The zero-order chi connectivity index (χ0) is 12.8. The van der Waals surface area contributed by atoms with Crippen molar-refractivity contribution in [3.63, 3.8) is 0 Å². The first-order chi connectivity index (χ1) is 8.79. The van der Waals surface area contributed by atoms with Gasteiger partial charge in [0.25, 0.3) is 0 Å². The molecule has 2 heterocycles. The van der Waals surface area contributed by atoms with Crippen LogP contribution < -0.4 is 10.6 Å². The lowest BCUT2D eigenvalue weighted by molar-refractivity contribution is -0.122. The van der Waals surface area contributed by atoms with E-state index in [-0.39, 0.29) is 11.9 Å². The van der Waals surface area contributed by atoms with Crippen molar-refractivity contribution in [3.05, 3.63) is 22.4 Å². The van der Waals surface area contributed by atoms with Crippen LogP contribution in [0.4, 0.5) is 0 Å². The average molecular weight is 264 g/mol. The van der Waals surface area contributed by atoms with Gasteiger partial charge in [0, 0.05) is 24.5 Å². The van der Waals surface area contributed by atoms with Gasteiger partial charge in [-0.25, -0.2) is 0 Å². The Hall–Kier alpha value is -1.42. The van der Waals surface area contributed by atoms with Crippen LogP contribution in [0.25, 0.3) is 0 Å². The molecular weight excluding hydrogens is 248 g/mol. The Morgan fingerprint density at radius 1 is 1.72 bits per heavy atom. The molecule has 1 amide bonds. The van der Waals surface area contributed by atoms with Gasteiger partial charge in [-0.3, -0.25) is 9.69 Å². The molecule has 1 saturated heterocycles. The van der Waals surface area contributed by atoms with Gasteiger partial charge >= 0.3 is 0 Å². The molecule has 0 spiro atoms. The number of thiophene rings is 1. The molecule has 18 heavy (non-hydrogen) atoms. The van der Waals surface area contributed by atoms with Gasteiger partial charge in [-0.15, -0.1) is 11.3 Å². The van der Waals surface area contributed by atoms with Gasteiger partial charge < -0.3 is 10.6 Å². The van der Waals surface area contributed by atoms with E-state index in [1.807, 2.05) is 22.4 Å². The highest BCUT2D eigenvalue weighted by Crippen LogP contribution is 2.07. The number of carbonyl (C=O) groups is 1. The summed E-state index contributed by atoms with van der Waals surface area (Å²) in [5.74, 6) is -0.0226. The Balaban J connectivity index is 1.78. The number of amides is 1. The maximum atomic E-state index is 11.8. The van der Waals surface area contributed by atoms with Crippen LogP contribution in [0.5, 0.6) is 0 Å². The Kier molecular flexibility index (Phi) is 4.70. The third-order valence-electron chi connectivity index (χ3n) is 2.89. The molecule has 6 heteroatoms. The molecule has 0 aliphatic carbocycles. The van der Waals surface area contributed by atoms with Gasteiger partial charge in [0.2, 0.25) is 5.91 Å². The van der Waals surface area contributed by atoms with Gasteiger partial charge in [-0.1, -0.05) is 6.07 Å². The van der Waals surface area contributed by atoms with E-state index in [0.29, 0.717) is 19.6 Å². The van der Waals surface area contributed by atoms with Gasteiger partial charge in [0.15, 0.2) is 0 Å². The standard InChI is InChI=1S/C12H16N4OS/c13-6-10-7-14-3-4-16(10)9-12(17)15-8-11-2-1-5-18-11/h1-2,5,10,14H,3-4,7-9H2,(H,15,17). The maximum absolute atomic E-state index is 11.8. The first-order valence-corrected chi connectivity index (χ1v) is 6.81. The minimum Gasteiger partial charge on any atom is -0.350 e. The van der Waals surface area contributed by atoms with Crippen LogP contribution in [0.1, 0.15) is 4.88 Å². The Morgan fingerprint density at radius 3 is 3.33 bits per heavy atom. The number of piperazine rings is 1. The van der Waals surface area contributed by atoms with E-state index in [1.54, 1.807) is 11.3 Å². The van der Waals surface area contributed by atoms with E-state index in [1.165, 1.54) is 0 Å². The lowest BCUT2D eigenvalue weighted by Crippen LogP contribution is -2.53. The summed E-state index contributed by atoms with van der Waals surface area (Å²) < 4.78 is 0. The molecule has 2 N–H and O–H groups in total. The van der Waals surface area contributed by atoms with Gasteiger partial charge in [-0.05, 0) is 11.4 Å². The van der Waals surface area contributed by atoms with E-state index in [9.17, 15) is 4.79 Å². The second-order valence-electron chi connectivity index (χ2n) is 4.18. The predicted molar refractivity (Wildman–Crippen MR) is 70.0 cm³/mol. The predicted octanol–water partition coefficient (Wildman–Crippen LogP) is 0.162. The van der Waals surface area contributed by atoms with E-state index in [2.05, 4.69) is 16.7 Å². The summed E-state index contributed by atoms with van der Waals surface area (Å²) in [7, 11) is 0. The molecule has 1 aliphatic rings. The highest BCUT2D eigenvalue weighted by molar-refractivity contribution is 7.09. The normalized spacial score (nSPS) is 20.3. The van der Waals surface area contributed by atoms with Crippen LogP contribution >= 0.6 is 11.3 Å². The van der Waals surface area contributed by atoms with Crippen LogP contribution in [-0.4, -0.2) is 43.0 Å². The van der Waals surface area contributed by atoms with Crippen molar-refractivity contribution in [1.29, 1.82) is 5.26 Å². The number of carbonyl (C=O) groups excluding carboxylic acids is 1. The fourth-order valence-electron chi connectivity index (χ4n) is 1.90. The molecule has 0 saturated carbocycles. The zero-order valence-electron chi connectivity index (χ0n) is 10.1. The van der Waals surface area contributed by atoms with Crippen LogP contribution in [0, 0.1) is 11.3 Å². The first-order valence-electron chi connectivity index (χ1n) is 5.93. The number of rotatable bonds is 4. The van der Waals surface area contributed by atoms with E-state index < -0.39 is 0 Å². The number of nitriles is 1. The van der Waals surface area contributed by atoms with Gasteiger partial charge in [0.1, 0.15) is 6.04 Å². The molecular formula is C12H16N4OS. The Bertz CT molecular complexity index is 426. The monoisotopic (exact) mass is 264 g/mol. The minimum atomic E-state index is -0.203. The fourth-order valence-corrected chi connectivity index (χ4v) is 2.55. The molecule has 0 aromatic carbocycles. The lowest BCUT2D eigenvalue weighted by Gasteiger charge is -2.31. The molecule has 96 valence electrons. The molecule has 1 aromatic heterocycles. The van der Waals surface area contributed by atoms with Crippen molar-refractivity contribution in [3.8, 4) is 6.07 Å². The number of nitrogens with zero attached hydrogens (tertiary/aromatic N) is 2. The third kappa shape index (κ3) is 3.53. The molecule has 2 rings (SSSR count). The topological polar surface area (TPSA) is 68.2 Å². The van der Waals surface area contributed by atoms with Crippen molar-refractivity contribution in [2.45, 2.75) is 12.6 Å². The van der Waals surface area contributed by atoms with Crippen molar-refractivity contribution in [2.24, 2.45) is 0 Å².